The van der Waals surface area contributed by atoms with Gasteiger partial charge in [-0.25, -0.2) is 9.97 Å². The lowest BCUT2D eigenvalue weighted by atomic mass is 10.1. The maximum Gasteiger partial charge on any atom is 0.173 e. The summed E-state index contributed by atoms with van der Waals surface area (Å²) in [7, 11) is 1.96. The Morgan fingerprint density at radius 3 is 2.88 bits per heavy atom. The molecule has 6 nitrogen and oxygen atoms in total. The highest BCUT2D eigenvalue weighted by atomic mass is 15.3. The average Bonchev–Trinajstić information content (AvgIpc) is 3.06. The monoisotopic (exact) mass is 328 g/mol. The molecule has 122 valence electrons. The molecule has 25 heavy (non-hydrogen) atoms. The van der Waals surface area contributed by atoms with Gasteiger partial charge < -0.3 is 4.57 Å². The summed E-state index contributed by atoms with van der Waals surface area (Å²) in [5.74, 6) is 0. The smallest absolute Gasteiger partial charge is 0.173 e. The maximum atomic E-state index is 4.76. The van der Waals surface area contributed by atoms with Crippen LogP contribution < -0.4 is 0 Å². The average molecular weight is 328 g/mol. The SMILES string of the molecule is Cn1cnc(-c2ccc3[nH]n(Cc4ccc5ncccc5c4)c3n2)c1. The summed E-state index contributed by atoms with van der Waals surface area (Å²) >= 11 is 0. The van der Waals surface area contributed by atoms with Crippen molar-refractivity contribution in [2.45, 2.75) is 6.54 Å². The van der Waals surface area contributed by atoms with Crippen LogP contribution in [0.2, 0.25) is 0 Å². The third kappa shape index (κ3) is 2.39. The van der Waals surface area contributed by atoms with Crippen LogP contribution in [0.4, 0.5) is 0 Å². The number of nitrogens with zero attached hydrogens (tertiary/aromatic N) is 5. The quantitative estimate of drug-likeness (QED) is 0.552. The van der Waals surface area contributed by atoms with Gasteiger partial charge in [0.25, 0.3) is 0 Å². The second kappa shape index (κ2) is 5.31. The predicted molar refractivity (Wildman–Crippen MR) is 97.1 cm³/mol. The number of aromatic amines is 1. The molecule has 6 heteroatoms. The number of rotatable bonds is 3. The Labute approximate surface area is 143 Å². The van der Waals surface area contributed by atoms with Gasteiger partial charge in [0, 0.05) is 24.8 Å². The highest BCUT2D eigenvalue weighted by Gasteiger charge is 2.11. The van der Waals surface area contributed by atoms with Gasteiger partial charge in [0.15, 0.2) is 5.65 Å². The van der Waals surface area contributed by atoms with E-state index in [1.165, 1.54) is 5.56 Å². The number of aromatic nitrogens is 6. The Kier molecular flexibility index (Phi) is 2.97. The van der Waals surface area contributed by atoms with Crippen molar-refractivity contribution in [2.24, 2.45) is 7.05 Å². The van der Waals surface area contributed by atoms with Gasteiger partial charge in [0.05, 0.1) is 29.6 Å². The third-order valence-electron chi connectivity index (χ3n) is 4.36. The van der Waals surface area contributed by atoms with Crippen LogP contribution in [0.1, 0.15) is 5.56 Å². The second-order valence-corrected chi connectivity index (χ2v) is 6.22. The highest BCUT2D eigenvalue weighted by Crippen LogP contribution is 2.21. The zero-order valence-corrected chi connectivity index (χ0v) is 13.7. The van der Waals surface area contributed by atoms with Crippen LogP contribution in [0, 0.1) is 0 Å². The van der Waals surface area contributed by atoms with Crippen molar-refractivity contribution in [2.75, 3.05) is 0 Å². The molecule has 0 aliphatic heterocycles. The van der Waals surface area contributed by atoms with E-state index in [-0.39, 0.29) is 0 Å². The molecule has 0 radical (unpaired) electrons. The molecule has 0 saturated carbocycles. The van der Waals surface area contributed by atoms with Crippen LogP contribution in [-0.2, 0) is 13.6 Å². The molecule has 1 N–H and O–H groups in total. The summed E-state index contributed by atoms with van der Waals surface area (Å²) in [6.07, 6.45) is 5.58. The van der Waals surface area contributed by atoms with Gasteiger partial charge in [0.2, 0.25) is 0 Å². The van der Waals surface area contributed by atoms with Gasteiger partial charge in [-0.3, -0.25) is 14.8 Å². The molecule has 0 bridgehead atoms. The molecule has 0 amide bonds. The molecule has 0 fully saturated rings. The molecule has 5 rings (SSSR count). The van der Waals surface area contributed by atoms with Crippen molar-refractivity contribution < 1.29 is 0 Å². The Bertz CT molecular complexity index is 1190. The molecule has 0 spiro atoms. The molecule has 4 aromatic heterocycles. The van der Waals surface area contributed by atoms with Crippen molar-refractivity contribution in [1.29, 1.82) is 0 Å². The standard InChI is InChI=1S/C19H16N6/c1-24-11-18(21-12-24)16-6-7-17-19(22-16)25(23-17)10-13-4-5-15-14(9-13)3-2-8-20-15/h2-9,11-12,23H,10H2,1H3. The van der Waals surface area contributed by atoms with Crippen LogP contribution in [0.3, 0.4) is 0 Å². The maximum absolute atomic E-state index is 4.76. The minimum atomic E-state index is 0.747. The van der Waals surface area contributed by atoms with Gasteiger partial charge in [0.1, 0.15) is 5.69 Å². The molecular formula is C19H16N6. The first kappa shape index (κ1) is 14.0. The van der Waals surface area contributed by atoms with Crippen molar-refractivity contribution in [3.63, 3.8) is 0 Å². The molecule has 0 saturated heterocycles. The van der Waals surface area contributed by atoms with Crippen molar-refractivity contribution in [3.8, 4) is 11.4 Å². The fourth-order valence-electron chi connectivity index (χ4n) is 3.09. The number of fused-ring (bicyclic) bond motifs is 2. The van der Waals surface area contributed by atoms with E-state index in [9.17, 15) is 0 Å². The number of imidazole rings is 1. The van der Waals surface area contributed by atoms with E-state index in [1.54, 1.807) is 6.33 Å². The van der Waals surface area contributed by atoms with Crippen molar-refractivity contribution in [3.05, 3.63) is 66.7 Å². The van der Waals surface area contributed by atoms with Crippen LogP contribution in [0.25, 0.3) is 33.5 Å². The van der Waals surface area contributed by atoms with Gasteiger partial charge in [-0.05, 0) is 35.9 Å². The summed E-state index contributed by atoms with van der Waals surface area (Å²) in [6.45, 7) is 0.747. The van der Waals surface area contributed by atoms with Gasteiger partial charge >= 0.3 is 0 Å². The van der Waals surface area contributed by atoms with Crippen LogP contribution in [-0.4, -0.2) is 29.3 Å². The lowest BCUT2D eigenvalue weighted by Crippen LogP contribution is -2.13. The number of nitrogens with one attached hydrogen (secondary N) is 1. The Hall–Kier alpha value is -3.41. The highest BCUT2D eigenvalue weighted by molar-refractivity contribution is 5.79. The number of hydrogen-bond acceptors (Lipinski definition) is 3. The summed E-state index contributed by atoms with van der Waals surface area (Å²) in [6, 6.07) is 14.4. The van der Waals surface area contributed by atoms with E-state index in [2.05, 4.69) is 44.0 Å². The Morgan fingerprint density at radius 2 is 2.00 bits per heavy atom. The largest absolute Gasteiger partial charge is 0.340 e. The lowest BCUT2D eigenvalue weighted by Gasteiger charge is -2.16. The molecule has 0 aliphatic rings. The van der Waals surface area contributed by atoms with E-state index in [1.807, 2.05) is 42.2 Å². The first-order valence-electron chi connectivity index (χ1n) is 8.13. The van der Waals surface area contributed by atoms with E-state index in [0.717, 1.165) is 40.0 Å². The van der Waals surface area contributed by atoms with Gasteiger partial charge in [-0.15, -0.1) is 0 Å². The third-order valence-corrected chi connectivity index (χ3v) is 4.36. The number of aryl methyl sites for hydroxylation is 1. The number of H-pyrrole nitrogens is 1. The topological polar surface area (TPSA) is 64.3 Å². The number of pyridine rings is 2. The molecule has 0 unspecified atom stereocenters. The van der Waals surface area contributed by atoms with E-state index < -0.39 is 0 Å². The molecule has 0 atom stereocenters. The van der Waals surface area contributed by atoms with Gasteiger partial charge in [-0.2, -0.15) is 0 Å². The first-order valence-corrected chi connectivity index (χ1v) is 8.13. The van der Waals surface area contributed by atoms with Crippen molar-refractivity contribution >= 4 is 22.1 Å². The molecule has 0 aliphatic carbocycles. The van der Waals surface area contributed by atoms with E-state index in [0.29, 0.717) is 0 Å². The molecule has 5 aromatic rings. The lowest BCUT2D eigenvalue weighted by molar-refractivity contribution is 0.674. The minimum Gasteiger partial charge on any atom is -0.340 e. The van der Waals surface area contributed by atoms with E-state index >= 15 is 0 Å². The number of hydrogen-bond donors (Lipinski definition) is 1. The van der Waals surface area contributed by atoms with E-state index in [4.69, 9.17) is 4.98 Å². The number of benzene rings is 1. The summed E-state index contributed by atoms with van der Waals surface area (Å²) in [5, 5.41) is 4.48. The summed E-state index contributed by atoms with van der Waals surface area (Å²) in [5.41, 5.74) is 5.99. The molecule has 4 heterocycles. The van der Waals surface area contributed by atoms with Crippen molar-refractivity contribution in [1.82, 2.24) is 29.3 Å². The zero-order valence-electron chi connectivity index (χ0n) is 13.7. The molecule has 1 aromatic carbocycles. The fraction of sp³-hybridized carbons (Fsp3) is 0.105. The predicted octanol–water partition coefficient (Wildman–Crippen LogP) is 3.36. The minimum absolute atomic E-state index is 0.747. The Morgan fingerprint density at radius 1 is 1.04 bits per heavy atom. The normalized spacial score (nSPS) is 11.6. The second-order valence-electron chi connectivity index (χ2n) is 6.22. The van der Waals surface area contributed by atoms with Crippen LogP contribution in [0.5, 0.6) is 0 Å². The summed E-state index contributed by atoms with van der Waals surface area (Å²) in [4.78, 5) is 13.5. The fourth-order valence-corrected chi connectivity index (χ4v) is 3.09. The molecular weight excluding hydrogens is 312 g/mol. The Balaban J connectivity index is 1.50. The summed E-state index contributed by atoms with van der Waals surface area (Å²) < 4.78 is 3.98. The zero-order chi connectivity index (χ0) is 16.8. The van der Waals surface area contributed by atoms with Crippen LogP contribution in [0.15, 0.2) is 61.2 Å². The van der Waals surface area contributed by atoms with Crippen LogP contribution >= 0.6 is 0 Å². The van der Waals surface area contributed by atoms with Gasteiger partial charge in [-0.1, -0.05) is 12.1 Å². The first-order chi connectivity index (χ1) is 12.3.